The molecule has 0 spiro atoms. The zero-order valence-corrected chi connectivity index (χ0v) is 13.3. The summed E-state index contributed by atoms with van der Waals surface area (Å²) in [5.74, 6) is 0.645. The van der Waals surface area contributed by atoms with Gasteiger partial charge in [0.05, 0.1) is 6.04 Å². The van der Waals surface area contributed by atoms with Gasteiger partial charge in [-0.05, 0) is 46.0 Å². The molecule has 0 bridgehead atoms. The quantitative estimate of drug-likeness (QED) is 0.780. The van der Waals surface area contributed by atoms with Crippen LogP contribution in [-0.2, 0) is 11.4 Å². The molecule has 0 aliphatic carbocycles. The molecule has 1 amide bonds. The molecule has 19 heavy (non-hydrogen) atoms. The summed E-state index contributed by atoms with van der Waals surface area (Å²) in [7, 11) is 0. The Balaban J connectivity index is 2.55. The molecule has 0 radical (unpaired) electrons. The van der Waals surface area contributed by atoms with Gasteiger partial charge in [0.1, 0.15) is 4.75 Å². The van der Waals surface area contributed by atoms with Crippen molar-refractivity contribution in [3.05, 3.63) is 0 Å². The summed E-state index contributed by atoms with van der Waals surface area (Å²) in [5.41, 5.74) is 0. The van der Waals surface area contributed by atoms with Crippen LogP contribution in [0.25, 0.3) is 0 Å². The highest BCUT2D eigenvalue weighted by Crippen LogP contribution is 2.27. The summed E-state index contributed by atoms with van der Waals surface area (Å²) in [5, 5.41) is 8.99. The van der Waals surface area contributed by atoms with E-state index in [0.717, 1.165) is 6.42 Å². The largest absolute Gasteiger partial charge is 0.598 e. The smallest absolute Gasteiger partial charge is 0.407 e. The van der Waals surface area contributed by atoms with E-state index in [0.29, 0.717) is 19.0 Å². The Morgan fingerprint density at radius 3 is 2.53 bits per heavy atom. The monoisotopic (exact) mass is 290 g/mol. The third-order valence-electron chi connectivity index (χ3n) is 3.73. The SMILES string of the molecule is C[C@@H]1CN(C(=O)O)CC[C@@H]1[C@H](C)N[S@@+]([O-])C(C)(C)C. The first kappa shape index (κ1) is 16.6. The predicted molar refractivity (Wildman–Crippen MR) is 77.4 cm³/mol. The molecule has 4 atom stereocenters. The van der Waals surface area contributed by atoms with Crippen LogP contribution in [0.4, 0.5) is 4.79 Å². The Morgan fingerprint density at radius 2 is 2.11 bits per heavy atom. The minimum Gasteiger partial charge on any atom is -0.598 e. The van der Waals surface area contributed by atoms with Crippen molar-refractivity contribution < 1.29 is 14.5 Å². The number of carbonyl (C=O) groups is 1. The van der Waals surface area contributed by atoms with E-state index >= 15 is 0 Å². The van der Waals surface area contributed by atoms with Crippen LogP contribution < -0.4 is 4.72 Å². The van der Waals surface area contributed by atoms with Crippen molar-refractivity contribution in [2.24, 2.45) is 11.8 Å². The summed E-state index contributed by atoms with van der Waals surface area (Å²) < 4.78 is 15.0. The van der Waals surface area contributed by atoms with Crippen LogP contribution in [0.2, 0.25) is 0 Å². The molecule has 0 aromatic carbocycles. The lowest BCUT2D eigenvalue weighted by Gasteiger charge is -2.39. The van der Waals surface area contributed by atoms with Crippen LogP contribution in [0.3, 0.4) is 0 Å². The van der Waals surface area contributed by atoms with Gasteiger partial charge in [-0.1, -0.05) is 6.92 Å². The highest BCUT2D eigenvalue weighted by atomic mass is 32.2. The molecular weight excluding hydrogens is 264 g/mol. The second-order valence-electron chi connectivity index (χ2n) is 6.45. The van der Waals surface area contributed by atoms with Gasteiger partial charge < -0.3 is 14.6 Å². The normalized spacial score (nSPS) is 28.0. The van der Waals surface area contributed by atoms with E-state index in [1.54, 1.807) is 0 Å². The van der Waals surface area contributed by atoms with Crippen LogP contribution in [0.5, 0.6) is 0 Å². The Labute approximate surface area is 119 Å². The summed E-state index contributed by atoms with van der Waals surface area (Å²) in [4.78, 5) is 12.4. The number of amides is 1. The lowest BCUT2D eigenvalue weighted by atomic mass is 9.82. The van der Waals surface area contributed by atoms with E-state index in [-0.39, 0.29) is 16.7 Å². The van der Waals surface area contributed by atoms with Crippen LogP contribution in [0.1, 0.15) is 41.0 Å². The molecule has 0 unspecified atom stereocenters. The fraction of sp³-hybridized carbons (Fsp3) is 0.923. The van der Waals surface area contributed by atoms with Gasteiger partial charge in [-0.15, -0.1) is 4.72 Å². The standard InChI is InChI=1S/C13H26N2O3S/c1-9-8-15(12(16)17)7-6-11(9)10(2)14-19(18)13(3,4)5/h9-11,14H,6-8H2,1-5H3,(H,16,17)/t9-,10+,11+,19+/m1/s1. The maximum absolute atomic E-state index is 12.1. The molecule has 1 aliphatic heterocycles. The first-order chi connectivity index (χ1) is 8.62. The van der Waals surface area contributed by atoms with E-state index in [1.165, 1.54) is 4.90 Å². The Hall–Kier alpha value is -0.460. The number of carboxylic acid groups (broad SMARTS) is 1. The van der Waals surface area contributed by atoms with Crippen molar-refractivity contribution in [3.63, 3.8) is 0 Å². The van der Waals surface area contributed by atoms with Gasteiger partial charge in [-0.25, -0.2) is 4.79 Å². The fourth-order valence-corrected chi connectivity index (χ4v) is 3.38. The van der Waals surface area contributed by atoms with Crippen molar-refractivity contribution >= 4 is 17.5 Å². The van der Waals surface area contributed by atoms with Gasteiger partial charge in [0.2, 0.25) is 0 Å². The molecule has 6 heteroatoms. The second kappa shape index (κ2) is 6.33. The van der Waals surface area contributed by atoms with E-state index < -0.39 is 17.5 Å². The van der Waals surface area contributed by atoms with Crippen LogP contribution >= 0.6 is 0 Å². The number of rotatable bonds is 3. The highest BCUT2D eigenvalue weighted by Gasteiger charge is 2.36. The summed E-state index contributed by atoms with van der Waals surface area (Å²) in [6.45, 7) is 11.1. The van der Waals surface area contributed by atoms with E-state index in [2.05, 4.69) is 11.6 Å². The molecule has 1 heterocycles. The molecule has 1 rings (SSSR count). The molecule has 1 aliphatic rings. The third kappa shape index (κ3) is 4.54. The van der Waals surface area contributed by atoms with Crippen LogP contribution in [0.15, 0.2) is 0 Å². The first-order valence-electron chi connectivity index (χ1n) is 6.79. The summed E-state index contributed by atoms with van der Waals surface area (Å²) >= 11 is -1.08. The number of nitrogens with one attached hydrogen (secondary N) is 1. The Kier molecular flexibility index (Phi) is 5.53. The lowest BCUT2D eigenvalue weighted by molar-refractivity contribution is 0.0935. The minimum absolute atomic E-state index is 0.131. The molecule has 0 aromatic heterocycles. The summed E-state index contributed by atoms with van der Waals surface area (Å²) in [6.07, 6.45) is -0.0210. The van der Waals surface area contributed by atoms with Gasteiger partial charge in [-0.3, -0.25) is 0 Å². The van der Waals surface area contributed by atoms with E-state index in [9.17, 15) is 9.35 Å². The molecule has 2 N–H and O–H groups in total. The highest BCUT2D eigenvalue weighted by molar-refractivity contribution is 7.90. The van der Waals surface area contributed by atoms with Crippen LogP contribution in [-0.4, -0.2) is 44.5 Å². The number of likely N-dealkylation sites (tertiary alicyclic amines) is 1. The zero-order valence-electron chi connectivity index (χ0n) is 12.5. The second-order valence-corrected chi connectivity index (χ2v) is 8.44. The average molecular weight is 290 g/mol. The molecule has 0 aromatic rings. The molecule has 112 valence electrons. The summed E-state index contributed by atoms with van der Waals surface area (Å²) in [6, 6.07) is 0.131. The van der Waals surface area contributed by atoms with Gasteiger partial charge in [-0.2, -0.15) is 0 Å². The number of nitrogens with zero attached hydrogens (tertiary/aromatic N) is 1. The average Bonchev–Trinajstić information content (AvgIpc) is 2.26. The predicted octanol–water partition coefficient (Wildman–Crippen LogP) is 2.06. The zero-order chi connectivity index (χ0) is 14.8. The molecule has 5 nitrogen and oxygen atoms in total. The number of hydrogen-bond acceptors (Lipinski definition) is 3. The Bertz CT molecular complexity index is 320. The maximum Gasteiger partial charge on any atom is 0.407 e. The van der Waals surface area contributed by atoms with Gasteiger partial charge >= 0.3 is 6.09 Å². The van der Waals surface area contributed by atoms with Crippen molar-refractivity contribution in [1.82, 2.24) is 9.62 Å². The first-order valence-corrected chi connectivity index (χ1v) is 7.94. The van der Waals surface area contributed by atoms with E-state index in [1.807, 2.05) is 27.7 Å². The van der Waals surface area contributed by atoms with Gasteiger partial charge in [0, 0.05) is 24.5 Å². The van der Waals surface area contributed by atoms with Crippen molar-refractivity contribution in [2.75, 3.05) is 13.1 Å². The molecular formula is C13H26N2O3S. The third-order valence-corrected chi connectivity index (χ3v) is 5.43. The topological polar surface area (TPSA) is 75.6 Å². The van der Waals surface area contributed by atoms with Crippen molar-refractivity contribution in [3.8, 4) is 0 Å². The van der Waals surface area contributed by atoms with Crippen LogP contribution in [0, 0.1) is 11.8 Å². The van der Waals surface area contributed by atoms with Gasteiger partial charge in [0.15, 0.2) is 0 Å². The number of hydrogen-bond donors (Lipinski definition) is 2. The Morgan fingerprint density at radius 1 is 1.53 bits per heavy atom. The van der Waals surface area contributed by atoms with E-state index in [4.69, 9.17) is 5.11 Å². The molecule has 1 fully saturated rings. The number of piperidine rings is 1. The molecule has 0 saturated carbocycles. The molecule has 1 saturated heterocycles. The minimum atomic E-state index is -1.08. The lowest BCUT2D eigenvalue weighted by Crippen LogP contribution is -2.51. The maximum atomic E-state index is 12.1. The van der Waals surface area contributed by atoms with Crippen molar-refractivity contribution in [1.29, 1.82) is 0 Å². The fourth-order valence-electron chi connectivity index (χ4n) is 2.51. The van der Waals surface area contributed by atoms with Gasteiger partial charge in [0.25, 0.3) is 0 Å². The van der Waals surface area contributed by atoms with Crippen molar-refractivity contribution in [2.45, 2.75) is 51.8 Å².